The first-order chi connectivity index (χ1) is 15.4. The number of likely N-dealkylation sites (tertiary alicyclic amines) is 1. The first-order valence-corrected chi connectivity index (χ1v) is 12.0. The molecule has 1 N–H and O–H groups in total. The van der Waals surface area contributed by atoms with E-state index < -0.39 is 0 Å². The first kappa shape index (κ1) is 22.7. The fraction of sp³-hybridized carbons (Fsp3) is 0.640. The van der Waals surface area contributed by atoms with Gasteiger partial charge in [0, 0.05) is 37.3 Å². The maximum Gasteiger partial charge on any atom is 0.229 e. The Hall–Kier alpha value is -2.44. The van der Waals surface area contributed by atoms with Crippen LogP contribution in [0.4, 0.5) is 4.39 Å². The van der Waals surface area contributed by atoms with E-state index in [-0.39, 0.29) is 41.4 Å². The molecule has 6 nitrogen and oxygen atoms in total. The van der Waals surface area contributed by atoms with Gasteiger partial charge in [0.05, 0.1) is 6.61 Å². The van der Waals surface area contributed by atoms with Gasteiger partial charge in [-0.1, -0.05) is 13.0 Å². The number of nitrogens with one attached hydrogen (secondary N) is 1. The zero-order valence-corrected chi connectivity index (χ0v) is 18.8. The zero-order chi connectivity index (χ0) is 22.7. The van der Waals surface area contributed by atoms with Crippen LogP contribution in [0.15, 0.2) is 18.2 Å². The molecule has 7 heteroatoms. The monoisotopic (exact) mass is 444 g/mol. The summed E-state index contributed by atoms with van der Waals surface area (Å²) in [5.41, 5.74) is 0.991. The third-order valence-corrected chi connectivity index (χ3v) is 7.15. The van der Waals surface area contributed by atoms with Gasteiger partial charge in [0.1, 0.15) is 0 Å². The lowest BCUT2D eigenvalue weighted by Crippen LogP contribution is -2.41. The van der Waals surface area contributed by atoms with Crippen LogP contribution in [-0.4, -0.2) is 41.8 Å². The second-order valence-corrected chi connectivity index (χ2v) is 9.57. The van der Waals surface area contributed by atoms with E-state index in [4.69, 9.17) is 4.74 Å². The molecule has 1 aromatic carbocycles. The van der Waals surface area contributed by atoms with E-state index in [2.05, 4.69) is 12.2 Å². The third-order valence-electron chi connectivity index (χ3n) is 7.15. The van der Waals surface area contributed by atoms with Crippen molar-refractivity contribution in [2.75, 3.05) is 13.2 Å². The molecule has 0 aromatic heterocycles. The summed E-state index contributed by atoms with van der Waals surface area (Å²) in [6.07, 6.45) is 6.80. The van der Waals surface area contributed by atoms with E-state index in [1.54, 1.807) is 12.1 Å². The van der Waals surface area contributed by atoms with Gasteiger partial charge in [-0.05, 0) is 68.6 Å². The number of amides is 3. The van der Waals surface area contributed by atoms with Crippen LogP contribution in [0.2, 0.25) is 0 Å². The number of benzene rings is 1. The topological polar surface area (TPSA) is 75.7 Å². The standard InChI is InChI=1S/C25H33FN2O4/c1-16(19-9-11-20(26)22(14-19)32-15-17-7-8-17)21-5-3-13-28(21)24(30)6-2-4-18-10-12-23(29)27-25(18)31/h9,11,14,16-18,21H,2-8,10,12-13,15H2,1H3,(H,27,29,31)/t16-,18?,21?/m0/s1. The molecule has 3 atom stereocenters. The summed E-state index contributed by atoms with van der Waals surface area (Å²) in [5.74, 6) is 0.117. The second-order valence-electron chi connectivity index (χ2n) is 9.57. The van der Waals surface area contributed by atoms with Crippen LogP contribution in [0.1, 0.15) is 76.2 Å². The number of hydrogen-bond acceptors (Lipinski definition) is 4. The molecular weight excluding hydrogens is 411 g/mol. The van der Waals surface area contributed by atoms with Gasteiger partial charge < -0.3 is 9.64 Å². The highest BCUT2D eigenvalue weighted by Gasteiger charge is 2.34. The summed E-state index contributed by atoms with van der Waals surface area (Å²) in [7, 11) is 0. The molecule has 2 unspecified atom stereocenters. The van der Waals surface area contributed by atoms with Crippen molar-refractivity contribution in [2.45, 2.75) is 76.7 Å². The number of halogens is 1. The maximum atomic E-state index is 14.2. The Kier molecular flexibility index (Phi) is 7.11. The van der Waals surface area contributed by atoms with Crippen molar-refractivity contribution in [3.05, 3.63) is 29.6 Å². The number of imide groups is 1. The predicted octanol–water partition coefficient (Wildman–Crippen LogP) is 3.93. The molecule has 2 aliphatic heterocycles. The van der Waals surface area contributed by atoms with Crippen molar-refractivity contribution >= 4 is 17.7 Å². The number of hydrogen-bond donors (Lipinski definition) is 1. The second kappa shape index (κ2) is 10.0. The Morgan fingerprint density at radius 1 is 1.25 bits per heavy atom. The van der Waals surface area contributed by atoms with Gasteiger partial charge in [0.2, 0.25) is 17.7 Å². The molecule has 1 aromatic rings. The minimum absolute atomic E-state index is 0.0832. The Morgan fingerprint density at radius 2 is 2.06 bits per heavy atom. The minimum Gasteiger partial charge on any atom is -0.490 e. The number of rotatable bonds is 9. The van der Waals surface area contributed by atoms with Gasteiger partial charge in [-0.15, -0.1) is 0 Å². The average molecular weight is 445 g/mol. The summed E-state index contributed by atoms with van der Waals surface area (Å²) >= 11 is 0. The lowest BCUT2D eigenvalue weighted by Gasteiger charge is -2.30. The highest BCUT2D eigenvalue weighted by molar-refractivity contribution is 5.98. The van der Waals surface area contributed by atoms with Crippen LogP contribution in [0.25, 0.3) is 0 Å². The summed E-state index contributed by atoms with van der Waals surface area (Å²) in [4.78, 5) is 38.1. The van der Waals surface area contributed by atoms with Crippen LogP contribution in [0.3, 0.4) is 0 Å². The molecule has 0 radical (unpaired) electrons. The number of ether oxygens (including phenoxy) is 1. The van der Waals surface area contributed by atoms with Gasteiger partial charge in [-0.3, -0.25) is 19.7 Å². The molecule has 4 rings (SSSR count). The molecule has 2 saturated heterocycles. The molecule has 2 heterocycles. The number of carbonyl (C=O) groups is 3. The van der Waals surface area contributed by atoms with Crippen molar-refractivity contribution in [3.63, 3.8) is 0 Å². The van der Waals surface area contributed by atoms with E-state index in [1.807, 2.05) is 4.90 Å². The predicted molar refractivity (Wildman–Crippen MR) is 117 cm³/mol. The lowest BCUT2D eigenvalue weighted by molar-refractivity contribution is -0.137. The van der Waals surface area contributed by atoms with Crippen molar-refractivity contribution in [1.82, 2.24) is 10.2 Å². The van der Waals surface area contributed by atoms with E-state index in [0.29, 0.717) is 50.4 Å². The van der Waals surface area contributed by atoms with Crippen LogP contribution in [-0.2, 0) is 14.4 Å². The quantitative estimate of drug-likeness (QED) is 0.586. The normalized spacial score (nSPS) is 24.4. The molecule has 174 valence electrons. The van der Waals surface area contributed by atoms with E-state index in [0.717, 1.165) is 37.8 Å². The van der Waals surface area contributed by atoms with Crippen molar-refractivity contribution < 1.29 is 23.5 Å². The van der Waals surface area contributed by atoms with Crippen LogP contribution in [0, 0.1) is 17.7 Å². The van der Waals surface area contributed by atoms with Crippen LogP contribution >= 0.6 is 0 Å². The summed E-state index contributed by atoms with van der Waals surface area (Å²) < 4.78 is 19.9. The highest BCUT2D eigenvalue weighted by Crippen LogP contribution is 2.35. The minimum atomic E-state index is -0.339. The van der Waals surface area contributed by atoms with Gasteiger partial charge in [0.15, 0.2) is 11.6 Å². The van der Waals surface area contributed by atoms with E-state index >= 15 is 0 Å². The summed E-state index contributed by atoms with van der Waals surface area (Å²) in [5, 5.41) is 2.38. The van der Waals surface area contributed by atoms with Crippen molar-refractivity contribution in [1.29, 1.82) is 0 Å². The van der Waals surface area contributed by atoms with Crippen LogP contribution < -0.4 is 10.1 Å². The fourth-order valence-corrected chi connectivity index (χ4v) is 4.91. The number of nitrogens with zero attached hydrogens (tertiary/aromatic N) is 1. The van der Waals surface area contributed by atoms with Gasteiger partial charge in [0.25, 0.3) is 0 Å². The SMILES string of the molecule is C[C@@H](c1ccc(F)c(OCC2CC2)c1)C1CCCN1C(=O)CCCC1CCC(=O)NC1=O. The Balaban J connectivity index is 1.32. The highest BCUT2D eigenvalue weighted by atomic mass is 19.1. The molecule has 0 bridgehead atoms. The average Bonchev–Trinajstić information content (AvgIpc) is 3.47. The van der Waals surface area contributed by atoms with Gasteiger partial charge >= 0.3 is 0 Å². The molecule has 3 fully saturated rings. The molecular formula is C25H33FN2O4. The molecule has 0 spiro atoms. The zero-order valence-electron chi connectivity index (χ0n) is 18.8. The molecule has 1 saturated carbocycles. The molecule has 32 heavy (non-hydrogen) atoms. The maximum absolute atomic E-state index is 14.2. The Morgan fingerprint density at radius 3 is 2.81 bits per heavy atom. The van der Waals surface area contributed by atoms with Gasteiger partial charge in [-0.2, -0.15) is 0 Å². The molecule has 3 amide bonds. The number of piperidine rings is 1. The fourth-order valence-electron chi connectivity index (χ4n) is 4.91. The molecule has 1 aliphatic carbocycles. The van der Waals surface area contributed by atoms with Gasteiger partial charge in [-0.25, -0.2) is 4.39 Å². The van der Waals surface area contributed by atoms with Crippen LogP contribution in [0.5, 0.6) is 5.75 Å². The number of carbonyl (C=O) groups excluding carboxylic acids is 3. The summed E-state index contributed by atoms with van der Waals surface area (Å²) in [6.45, 7) is 3.39. The Bertz CT molecular complexity index is 869. The smallest absolute Gasteiger partial charge is 0.229 e. The van der Waals surface area contributed by atoms with E-state index in [1.165, 1.54) is 6.07 Å². The lowest BCUT2D eigenvalue weighted by atomic mass is 9.90. The third kappa shape index (κ3) is 5.48. The molecule has 3 aliphatic rings. The first-order valence-electron chi connectivity index (χ1n) is 12.0. The Labute approximate surface area is 188 Å². The largest absolute Gasteiger partial charge is 0.490 e. The van der Waals surface area contributed by atoms with Crippen molar-refractivity contribution in [2.24, 2.45) is 11.8 Å². The van der Waals surface area contributed by atoms with E-state index in [9.17, 15) is 18.8 Å². The summed E-state index contributed by atoms with van der Waals surface area (Å²) in [6, 6.07) is 5.15. The van der Waals surface area contributed by atoms with Crippen molar-refractivity contribution in [3.8, 4) is 5.75 Å².